The molecule has 0 atom stereocenters. The van der Waals surface area contributed by atoms with Crippen molar-refractivity contribution in [2.75, 3.05) is 0 Å². The van der Waals surface area contributed by atoms with Crippen LogP contribution in [0.5, 0.6) is 23.0 Å². The Kier molecular flexibility index (Phi) is 61.7. The van der Waals surface area contributed by atoms with Crippen LogP contribution in [0.15, 0.2) is 273 Å². The summed E-state index contributed by atoms with van der Waals surface area (Å²) in [6, 6.07) is 82.2. The average molecular weight is 2170 g/mol. The molecular formula is C133H168Cl7F5O4. The van der Waals surface area contributed by atoms with Crippen LogP contribution >= 0.6 is 81.2 Å². The molecule has 0 spiro atoms. The third kappa shape index (κ3) is 45.4. The summed E-state index contributed by atoms with van der Waals surface area (Å²) in [6.45, 7) is 61.9. The Morgan fingerprint density at radius 2 is 0.638 bits per heavy atom. The van der Waals surface area contributed by atoms with E-state index in [1.165, 1.54) is 105 Å². The second kappa shape index (κ2) is 68.1. The SMILES string of the molecule is C.C.CC(C)c1c(F)cccc1F.CC(C)c1c(O)cccc1Cl.CC(C)c1c(O)cccc1F.CC(C)c1cc(O)cc2ccccc12.CC(C)c1cccc(Cl)c1Cl.CC(C)c1ccccc1C1CC1.CC(C)c1ccccc1Cl.CC(C)c1ccccc1F.CC(C)c1ccccc1O.Cc1cc(Cl)c(Cl)c(C(C)C)c1.Cc1ccc(C(C)C)c(F)c1.Cc1ccc(Cl)c(C(C)C)c1.Cc1ccc2c(c1C(C)C)C=CC2. The van der Waals surface area contributed by atoms with Crippen LogP contribution in [0, 0.1) is 56.8 Å². The lowest BCUT2D eigenvalue weighted by Crippen LogP contribution is -1.97. The Hall–Kier alpha value is -10.0. The topological polar surface area (TPSA) is 80.9 Å². The molecule has 2 aliphatic rings. The van der Waals surface area contributed by atoms with Crippen molar-refractivity contribution < 1.29 is 42.4 Å². The summed E-state index contributed by atoms with van der Waals surface area (Å²) in [5.41, 5.74) is 22.4. The lowest BCUT2D eigenvalue weighted by atomic mass is 9.91. The van der Waals surface area contributed by atoms with Crippen molar-refractivity contribution in [3.05, 3.63) is 449 Å². The molecule has 808 valence electrons. The number of allylic oxidation sites excluding steroid dienone is 1. The lowest BCUT2D eigenvalue weighted by Gasteiger charge is -2.14. The van der Waals surface area contributed by atoms with Crippen LogP contribution in [0.2, 0.25) is 35.2 Å². The van der Waals surface area contributed by atoms with E-state index in [1.54, 1.807) is 73.5 Å². The molecule has 14 aromatic carbocycles. The van der Waals surface area contributed by atoms with Gasteiger partial charge < -0.3 is 20.4 Å². The fraction of sp³-hybridized carbons (Fsp3) is 0.368. The molecule has 0 bridgehead atoms. The second-order valence-electron chi connectivity index (χ2n) is 41.1. The zero-order chi connectivity index (χ0) is 111. The van der Waals surface area contributed by atoms with E-state index in [2.05, 4.69) is 197 Å². The molecule has 4 N–H and O–H groups in total. The fourth-order valence-electron chi connectivity index (χ4n) is 16.3. The first-order valence-corrected chi connectivity index (χ1v) is 53.9. The molecule has 0 aromatic heterocycles. The molecule has 2 aliphatic carbocycles. The van der Waals surface area contributed by atoms with Gasteiger partial charge in [-0.25, -0.2) is 22.0 Å². The molecule has 149 heavy (non-hydrogen) atoms. The molecule has 0 unspecified atom stereocenters. The van der Waals surface area contributed by atoms with E-state index in [1.807, 2.05) is 184 Å². The number of phenols is 4. The molecule has 0 heterocycles. The highest BCUT2D eigenvalue weighted by Crippen LogP contribution is 2.44. The molecule has 1 fully saturated rings. The Balaban J connectivity index is 0.000000545. The highest BCUT2D eigenvalue weighted by molar-refractivity contribution is 6.43. The summed E-state index contributed by atoms with van der Waals surface area (Å²) < 4.78 is 64.6. The van der Waals surface area contributed by atoms with Crippen LogP contribution in [0.4, 0.5) is 22.0 Å². The minimum absolute atomic E-state index is 0. The van der Waals surface area contributed by atoms with Crippen LogP contribution in [0.1, 0.15) is 402 Å². The first-order chi connectivity index (χ1) is 69.1. The monoisotopic (exact) mass is 2170 g/mol. The summed E-state index contributed by atoms with van der Waals surface area (Å²) in [7, 11) is 0. The van der Waals surface area contributed by atoms with Crippen LogP contribution in [0.3, 0.4) is 0 Å². The number of phenolic OH excluding ortho intramolecular Hbond substituents is 4. The van der Waals surface area contributed by atoms with E-state index in [9.17, 15) is 42.4 Å². The first kappa shape index (κ1) is 135. The molecule has 1 saturated carbocycles. The number of benzene rings is 14. The predicted octanol–water partition coefficient (Wildman–Crippen LogP) is 45.7. The van der Waals surface area contributed by atoms with Gasteiger partial charge in [-0.1, -0.05) is 470 Å². The van der Waals surface area contributed by atoms with Crippen LogP contribution < -0.4 is 0 Å². The standard InChI is InChI=1S/C13H14O.C13H16.C12H16.C10H12Cl2.C10H13Cl.C10H13F.C9H10Cl2.C9H11ClO.C9H11Cl.C9H10F2.C9H11FO.C9H11F.C9H12O.2CH4/c1-9(2)13-8-11(14)7-10-5-3-4-6-12(10)13;1-9(2)13-10(3)7-8-11-5-4-6-12(11)13;1-9(2)11-5-3-4-6-12(11)10-7-8-10;1-6(2)8-4-7(3)5-9(11)10(8)12;1-7(2)9-6-8(3)4-5-10(9)11;1-7(2)9-5-4-8(3)6-10(9)11;1-6(2)7-4-3-5-8(10)9(7)11;1-6(2)9-7(10)4-3-5-8(9)11;1-7(2)8-5-3-4-6-9(8)10;2*1-6(2)9-7(10)4-3-5-8(9)11;2*1-7(2)8-5-3-4-6-9(8)10;;/h3-9,14H,1-2H3;4,6-9H,5H2,1-3H3;3-6,9-10H,7-8H2,1-2H3;4-6H,1-3H3;2*4-7H,1-3H3;3-6H,1-2H3;3-6,11H,1-2H3;3-7H,1-2H3;3-6H,1-2H3;3-6,11H,1-2H3;3-7H,1-2H3;3-7,10H,1-2H3;2*1H4. The third-order valence-corrected chi connectivity index (χ3v) is 27.0. The Bertz CT molecular complexity index is 6050. The highest BCUT2D eigenvalue weighted by Gasteiger charge is 2.27. The summed E-state index contributed by atoms with van der Waals surface area (Å²) in [4.78, 5) is 0. The maximum atomic E-state index is 13.1. The van der Waals surface area contributed by atoms with E-state index in [-0.39, 0.29) is 79.0 Å². The van der Waals surface area contributed by atoms with Crippen molar-refractivity contribution >= 4 is 98.1 Å². The summed E-state index contributed by atoms with van der Waals surface area (Å²) in [5, 5.41) is 44.8. The average Bonchev–Trinajstić information content (AvgIpc) is 1.10. The van der Waals surface area contributed by atoms with E-state index in [0.29, 0.717) is 89.5 Å². The highest BCUT2D eigenvalue weighted by atomic mass is 35.5. The van der Waals surface area contributed by atoms with Gasteiger partial charge >= 0.3 is 0 Å². The molecule has 4 nitrogen and oxygen atoms in total. The van der Waals surface area contributed by atoms with Crippen molar-refractivity contribution in [1.29, 1.82) is 0 Å². The number of halogens is 12. The van der Waals surface area contributed by atoms with E-state index in [0.717, 1.165) is 72.3 Å². The van der Waals surface area contributed by atoms with Gasteiger partial charge in [0.1, 0.15) is 52.1 Å². The van der Waals surface area contributed by atoms with Crippen molar-refractivity contribution in [3.63, 3.8) is 0 Å². The van der Waals surface area contributed by atoms with E-state index in [4.69, 9.17) is 81.2 Å². The molecule has 16 rings (SSSR count). The van der Waals surface area contributed by atoms with Crippen LogP contribution in [-0.4, -0.2) is 20.4 Å². The number of hydrogen-bond donors (Lipinski definition) is 4. The van der Waals surface area contributed by atoms with Crippen molar-refractivity contribution in [1.82, 2.24) is 0 Å². The van der Waals surface area contributed by atoms with Crippen LogP contribution in [0.25, 0.3) is 16.8 Å². The normalized spacial score (nSPS) is 11.3. The molecule has 0 aliphatic heterocycles. The quantitative estimate of drug-likeness (QED) is 0.0818. The molecule has 0 amide bonds. The van der Waals surface area contributed by atoms with Gasteiger partial charge in [0.2, 0.25) is 0 Å². The van der Waals surface area contributed by atoms with Crippen molar-refractivity contribution in [2.45, 2.75) is 325 Å². The van der Waals surface area contributed by atoms with E-state index < -0.39 is 11.6 Å². The summed E-state index contributed by atoms with van der Waals surface area (Å²) in [5.74, 6) is 5.34. The molecule has 14 aromatic rings. The minimum atomic E-state index is -0.458. The number of aromatic hydroxyl groups is 4. The molecule has 0 radical (unpaired) electrons. The zero-order valence-electron chi connectivity index (χ0n) is 92.1. The number of fused-ring (bicyclic) bond motifs is 2. The van der Waals surface area contributed by atoms with Gasteiger partial charge in [-0.05, 0) is 321 Å². The number of aryl methyl sites for hydroxylation is 4. The van der Waals surface area contributed by atoms with Gasteiger partial charge in [-0.3, -0.25) is 0 Å². The lowest BCUT2D eigenvalue weighted by molar-refractivity contribution is 0.454. The van der Waals surface area contributed by atoms with Crippen LogP contribution in [-0.2, 0) is 6.42 Å². The summed E-state index contributed by atoms with van der Waals surface area (Å²) >= 11 is 41.5. The predicted molar refractivity (Wildman–Crippen MR) is 643 cm³/mol. The minimum Gasteiger partial charge on any atom is -0.508 e. The Morgan fingerprint density at radius 1 is 0.255 bits per heavy atom. The first-order valence-electron chi connectivity index (χ1n) is 51.2. The van der Waals surface area contributed by atoms with Gasteiger partial charge in [0.15, 0.2) is 0 Å². The maximum absolute atomic E-state index is 13.1. The largest absolute Gasteiger partial charge is 0.508 e. The van der Waals surface area contributed by atoms with Gasteiger partial charge in [-0.15, -0.1) is 0 Å². The van der Waals surface area contributed by atoms with Gasteiger partial charge in [0.25, 0.3) is 0 Å². The smallest absolute Gasteiger partial charge is 0.130 e. The maximum Gasteiger partial charge on any atom is 0.130 e. The van der Waals surface area contributed by atoms with E-state index >= 15 is 0 Å². The van der Waals surface area contributed by atoms with Gasteiger partial charge in [-0.2, -0.15) is 0 Å². The van der Waals surface area contributed by atoms with Gasteiger partial charge in [0.05, 0.1) is 20.1 Å². The zero-order valence-corrected chi connectivity index (χ0v) is 97.4. The molecule has 0 saturated heterocycles. The number of hydrogen-bond acceptors (Lipinski definition) is 4. The van der Waals surface area contributed by atoms with Crippen molar-refractivity contribution in [3.8, 4) is 23.0 Å². The van der Waals surface area contributed by atoms with Gasteiger partial charge in [0, 0.05) is 31.8 Å². The summed E-state index contributed by atoms with van der Waals surface area (Å²) in [6.07, 6.45) is 8.47. The third-order valence-electron chi connectivity index (χ3n) is 24.3. The molecule has 16 heteroatoms. The van der Waals surface area contributed by atoms with Crippen molar-refractivity contribution in [2.24, 2.45) is 0 Å². The Morgan fingerprint density at radius 3 is 1.07 bits per heavy atom. The number of rotatable bonds is 14. The molecular weight excluding hydrogens is 2000 g/mol. The second-order valence-corrected chi connectivity index (χ2v) is 43.9. The number of para-hydroxylation sites is 1. The Labute approximate surface area is 929 Å². The fourth-order valence-corrected chi connectivity index (χ4v) is 18.5.